The van der Waals surface area contributed by atoms with E-state index in [1.807, 2.05) is 0 Å². The Morgan fingerprint density at radius 1 is 1.04 bits per heavy atom. The van der Waals surface area contributed by atoms with Crippen LogP contribution >= 0.6 is 0 Å². The second-order valence-electron chi connectivity index (χ2n) is 4.89. The molecule has 118 valence electrons. The van der Waals surface area contributed by atoms with E-state index in [-0.39, 0.29) is 29.4 Å². The molecule has 0 saturated heterocycles. The van der Waals surface area contributed by atoms with Crippen LogP contribution in [0.4, 0.5) is 14.5 Å². The van der Waals surface area contributed by atoms with Gasteiger partial charge in [0.2, 0.25) is 6.79 Å². The zero-order valence-electron chi connectivity index (χ0n) is 12.0. The first-order valence-electron chi connectivity index (χ1n) is 6.66. The van der Waals surface area contributed by atoms with Crippen molar-refractivity contribution < 1.29 is 27.8 Å². The van der Waals surface area contributed by atoms with Crippen molar-refractivity contribution in [2.24, 2.45) is 0 Å². The number of hydrogen-bond donors (Lipinski definition) is 1. The zero-order valence-corrected chi connectivity index (χ0v) is 12.0. The van der Waals surface area contributed by atoms with Crippen LogP contribution in [0, 0.1) is 11.6 Å². The van der Waals surface area contributed by atoms with Gasteiger partial charge in [-0.1, -0.05) is 0 Å². The van der Waals surface area contributed by atoms with Crippen LogP contribution in [0.2, 0.25) is 0 Å². The SMILES string of the molecule is CC(=O)c1cc2c(cc1NC(=O)c1ccc(F)cc1F)OCO2. The van der Waals surface area contributed by atoms with Gasteiger partial charge in [-0.25, -0.2) is 8.78 Å². The molecular formula is C16H11F2NO4. The van der Waals surface area contributed by atoms with Gasteiger partial charge in [0.1, 0.15) is 11.6 Å². The van der Waals surface area contributed by atoms with Gasteiger partial charge in [0.25, 0.3) is 5.91 Å². The minimum absolute atomic E-state index is 0.0106. The Morgan fingerprint density at radius 2 is 1.74 bits per heavy atom. The fourth-order valence-electron chi connectivity index (χ4n) is 2.20. The summed E-state index contributed by atoms with van der Waals surface area (Å²) < 4.78 is 37.0. The number of halogens is 2. The van der Waals surface area contributed by atoms with Crippen molar-refractivity contribution >= 4 is 17.4 Å². The number of fused-ring (bicyclic) bond motifs is 1. The first kappa shape index (κ1) is 15.0. The van der Waals surface area contributed by atoms with E-state index in [2.05, 4.69) is 5.32 Å². The molecule has 0 aliphatic carbocycles. The van der Waals surface area contributed by atoms with Crippen molar-refractivity contribution in [3.05, 3.63) is 53.1 Å². The Kier molecular flexibility index (Phi) is 3.69. The lowest BCUT2D eigenvalue weighted by molar-refractivity contribution is 0.101. The minimum Gasteiger partial charge on any atom is -0.454 e. The molecule has 3 rings (SSSR count). The molecule has 0 fully saturated rings. The highest BCUT2D eigenvalue weighted by Gasteiger charge is 2.21. The quantitative estimate of drug-likeness (QED) is 0.883. The third-order valence-corrected chi connectivity index (χ3v) is 3.32. The van der Waals surface area contributed by atoms with E-state index < -0.39 is 17.5 Å². The van der Waals surface area contributed by atoms with Crippen LogP contribution in [0.1, 0.15) is 27.6 Å². The largest absolute Gasteiger partial charge is 0.454 e. The molecule has 7 heteroatoms. The second-order valence-corrected chi connectivity index (χ2v) is 4.89. The Morgan fingerprint density at radius 3 is 2.39 bits per heavy atom. The number of carbonyl (C=O) groups is 2. The zero-order chi connectivity index (χ0) is 16.6. The first-order chi connectivity index (χ1) is 11.0. The molecule has 2 aromatic rings. The maximum Gasteiger partial charge on any atom is 0.258 e. The van der Waals surface area contributed by atoms with Crippen LogP contribution in [0.15, 0.2) is 30.3 Å². The minimum atomic E-state index is -0.993. The van der Waals surface area contributed by atoms with Crippen LogP contribution in [0.3, 0.4) is 0 Å². The maximum absolute atomic E-state index is 13.7. The molecule has 1 N–H and O–H groups in total. The van der Waals surface area contributed by atoms with Gasteiger partial charge in [0.05, 0.1) is 11.3 Å². The van der Waals surface area contributed by atoms with Gasteiger partial charge in [0.15, 0.2) is 17.3 Å². The third kappa shape index (κ3) is 2.85. The van der Waals surface area contributed by atoms with E-state index in [0.717, 1.165) is 12.1 Å². The van der Waals surface area contributed by atoms with Crippen molar-refractivity contribution in [3.8, 4) is 11.5 Å². The highest BCUT2D eigenvalue weighted by atomic mass is 19.1. The van der Waals surface area contributed by atoms with E-state index in [9.17, 15) is 18.4 Å². The Hall–Kier alpha value is -2.96. The lowest BCUT2D eigenvalue weighted by Crippen LogP contribution is -2.16. The summed E-state index contributed by atoms with van der Waals surface area (Å²) >= 11 is 0. The second kappa shape index (κ2) is 5.68. The highest BCUT2D eigenvalue weighted by Crippen LogP contribution is 2.37. The summed E-state index contributed by atoms with van der Waals surface area (Å²) in [6.07, 6.45) is 0. The molecule has 0 spiro atoms. The lowest BCUT2D eigenvalue weighted by Gasteiger charge is -2.11. The van der Waals surface area contributed by atoms with Crippen molar-refractivity contribution in [1.82, 2.24) is 0 Å². The highest BCUT2D eigenvalue weighted by molar-refractivity contribution is 6.09. The van der Waals surface area contributed by atoms with Crippen molar-refractivity contribution in [2.75, 3.05) is 12.1 Å². The average Bonchev–Trinajstić information content (AvgIpc) is 2.93. The van der Waals surface area contributed by atoms with E-state index in [0.29, 0.717) is 17.6 Å². The molecule has 1 amide bonds. The molecule has 0 atom stereocenters. The molecular weight excluding hydrogens is 308 g/mol. The standard InChI is InChI=1S/C16H11F2NO4/c1-8(20)11-5-14-15(23-7-22-14)6-13(11)19-16(21)10-3-2-9(17)4-12(10)18/h2-6H,7H2,1H3,(H,19,21). The van der Waals surface area contributed by atoms with Gasteiger partial charge >= 0.3 is 0 Å². The number of ketones is 1. The number of Topliss-reactive ketones (excluding diaryl/α,β-unsaturated/α-hetero) is 1. The van der Waals surface area contributed by atoms with E-state index in [4.69, 9.17) is 9.47 Å². The van der Waals surface area contributed by atoms with Gasteiger partial charge in [-0.3, -0.25) is 9.59 Å². The smallest absolute Gasteiger partial charge is 0.258 e. The van der Waals surface area contributed by atoms with Crippen LogP contribution in [0.25, 0.3) is 0 Å². The number of hydrogen-bond acceptors (Lipinski definition) is 4. The van der Waals surface area contributed by atoms with Crippen LogP contribution in [-0.2, 0) is 0 Å². The van der Waals surface area contributed by atoms with Gasteiger partial charge in [-0.15, -0.1) is 0 Å². The predicted molar refractivity (Wildman–Crippen MR) is 76.9 cm³/mol. The van der Waals surface area contributed by atoms with Gasteiger partial charge in [0, 0.05) is 17.7 Å². The molecule has 1 heterocycles. The Balaban J connectivity index is 1.96. The Labute approximate surface area is 129 Å². The molecule has 0 bridgehead atoms. The molecule has 0 unspecified atom stereocenters. The number of ether oxygens (including phenoxy) is 2. The molecule has 0 aromatic heterocycles. The summed E-state index contributed by atoms with van der Waals surface area (Å²) in [5.41, 5.74) is 0.0270. The number of carbonyl (C=O) groups excluding carboxylic acids is 2. The summed E-state index contributed by atoms with van der Waals surface area (Å²) in [6.45, 7) is 1.34. The number of nitrogens with one attached hydrogen (secondary N) is 1. The van der Waals surface area contributed by atoms with E-state index >= 15 is 0 Å². The monoisotopic (exact) mass is 319 g/mol. The molecule has 23 heavy (non-hydrogen) atoms. The van der Waals surface area contributed by atoms with Crippen molar-refractivity contribution in [2.45, 2.75) is 6.92 Å². The van der Waals surface area contributed by atoms with E-state index in [1.54, 1.807) is 0 Å². The topological polar surface area (TPSA) is 64.6 Å². The van der Waals surface area contributed by atoms with Crippen LogP contribution in [-0.4, -0.2) is 18.5 Å². The molecule has 1 aliphatic rings. The molecule has 1 aliphatic heterocycles. The fraction of sp³-hybridized carbons (Fsp3) is 0.125. The van der Waals surface area contributed by atoms with Gasteiger partial charge in [-0.2, -0.15) is 0 Å². The summed E-state index contributed by atoms with van der Waals surface area (Å²) in [6, 6.07) is 5.49. The fourth-order valence-corrected chi connectivity index (χ4v) is 2.20. The van der Waals surface area contributed by atoms with E-state index in [1.165, 1.54) is 19.1 Å². The maximum atomic E-state index is 13.7. The van der Waals surface area contributed by atoms with Gasteiger partial charge in [-0.05, 0) is 25.1 Å². The predicted octanol–water partition coefficient (Wildman–Crippen LogP) is 3.15. The van der Waals surface area contributed by atoms with Gasteiger partial charge < -0.3 is 14.8 Å². The summed E-state index contributed by atoms with van der Waals surface area (Å²) in [5, 5.41) is 2.44. The third-order valence-electron chi connectivity index (χ3n) is 3.32. The average molecular weight is 319 g/mol. The van der Waals surface area contributed by atoms with Crippen LogP contribution < -0.4 is 14.8 Å². The number of amides is 1. The molecule has 5 nitrogen and oxygen atoms in total. The normalized spacial score (nSPS) is 12.1. The van der Waals surface area contributed by atoms with Crippen molar-refractivity contribution in [1.29, 1.82) is 0 Å². The number of benzene rings is 2. The first-order valence-corrected chi connectivity index (χ1v) is 6.66. The van der Waals surface area contributed by atoms with Crippen molar-refractivity contribution in [3.63, 3.8) is 0 Å². The molecule has 0 saturated carbocycles. The number of rotatable bonds is 3. The summed E-state index contributed by atoms with van der Waals surface area (Å²) in [4.78, 5) is 23.9. The summed E-state index contributed by atoms with van der Waals surface area (Å²) in [7, 11) is 0. The molecule has 0 radical (unpaired) electrons. The Bertz CT molecular complexity index is 820. The molecule has 2 aromatic carbocycles. The lowest BCUT2D eigenvalue weighted by atomic mass is 10.1. The van der Waals surface area contributed by atoms with Crippen LogP contribution in [0.5, 0.6) is 11.5 Å². The summed E-state index contributed by atoms with van der Waals surface area (Å²) in [5.74, 6) is -2.13. The number of anilines is 1.